The molecular formula is C26H19FN4O3. The molecule has 3 amide bonds. The highest BCUT2D eigenvalue weighted by molar-refractivity contribution is 6.24. The Balaban J connectivity index is 1.46. The lowest BCUT2D eigenvalue weighted by molar-refractivity contribution is -0.129. The van der Waals surface area contributed by atoms with E-state index in [1.807, 2.05) is 30.3 Å². The molecule has 3 aliphatic heterocycles. The second-order valence-electron chi connectivity index (χ2n) is 8.51. The number of nitrogens with one attached hydrogen (secondary N) is 1. The number of para-hydroxylation sites is 2. The third-order valence-electron chi connectivity index (χ3n) is 6.70. The first-order valence-corrected chi connectivity index (χ1v) is 11.0. The van der Waals surface area contributed by atoms with Gasteiger partial charge in [-0.05, 0) is 35.4 Å². The number of amides is 3. The first-order valence-electron chi connectivity index (χ1n) is 11.0. The van der Waals surface area contributed by atoms with Crippen LogP contribution in [0.1, 0.15) is 17.2 Å². The van der Waals surface area contributed by atoms with Gasteiger partial charge in [0.2, 0.25) is 17.7 Å². The third kappa shape index (κ3) is 2.88. The topological polar surface area (TPSA) is 82.1 Å². The minimum absolute atomic E-state index is 0.103. The van der Waals surface area contributed by atoms with E-state index >= 15 is 0 Å². The Labute approximate surface area is 194 Å². The van der Waals surface area contributed by atoms with Crippen LogP contribution < -0.4 is 10.2 Å². The number of fused-ring (bicyclic) bond motifs is 5. The fourth-order valence-corrected chi connectivity index (χ4v) is 5.28. The molecular weight excluding hydrogens is 435 g/mol. The van der Waals surface area contributed by atoms with Gasteiger partial charge in [-0.3, -0.25) is 19.4 Å². The predicted molar refractivity (Wildman–Crippen MR) is 123 cm³/mol. The molecule has 3 heterocycles. The van der Waals surface area contributed by atoms with Crippen LogP contribution in [0.25, 0.3) is 0 Å². The Bertz CT molecular complexity index is 1360. The van der Waals surface area contributed by atoms with Crippen molar-refractivity contribution < 1.29 is 18.8 Å². The van der Waals surface area contributed by atoms with Gasteiger partial charge in [0.1, 0.15) is 11.9 Å². The molecule has 4 atom stereocenters. The molecule has 0 bridgehead atoms. The summed E-state index contributed by atoms with van der Waals surface area (Å²) in [6.07, 6.45) is 1.64. The summed E-state index contributed by atoms with van der Waals surface area (Å²) in [5.74, 6) is -4.14. The lowest BCUT2D eigenvalue weighted by Crippen LogP contribution is -2.46. The number of nitrogens with zero attached hydrogens (tertiary/aromatic N) is 3. The fourth-order valence-electron chi connectivity index (χ4n) is 5.28. The second-order valence-corrected chi connectivity index (χ2v) is 8.51. The summed E-state index contributed by atoms with van der Waals surface area (Å²) in [6, 6.07) is 20.3. The molecule has 3 aliphatic rings. The van der Waals surface area contributed by atoms with Gasteiger partial charge in [-0.25, -0.2) is 9.29 Å². The van der Waals surface area contributed by atoms with Gasteiger partial charge in [-0.15, -0.1) is 0 Å². The standard InChI is InChI=1S/C26H19FN4O3/c27-18-12-6-7-13-19(18)30-25(33)20-21(26(30)34)23(24(32)29-16-9-2-1-3-10-16)31-22(20)17-11-5-4-8-15(17)14-28-31/h1-14,20-23H,(H,29,32)/t20-,21-,22-,23+/m1/s1. The van der Waals surface area contributed by atoms with Gasteiger partial charge in [0, 0.05) is 5.69 Å². The molecule has 168 valence electrons. The van der Waals surface area contributed by atoms with E-state index in [4.69, 9.17) is 0 Å². The van der Waals surface area contributed by atoms with Gasteiger partial charge in [0.25, 0.3) is 0 Å². The SMILES string of the molecule is O=C(Nc1ccccc1)[C@@H]1[C@@H]2C(=O)N(c3ccccc3F)C(=O)[C@H]2[C@H]2c3ccccc3C=NN12. The van der Waals surface area contributed by atoms with Crippen molar-refractivity contribution in [1.29, 1.82) is 0 Å². The number of halogens is 1. The first-order chi connectivity index (χ1) is 16.6. The minimum atomic E-state index is -1.03. The van der Waals surface area contributed by atoms with Gasteiger partial charge < -0.3 is 5.32 Å². The summed E-state index contributed by atoms with van der Waals surface area (Å²) in [5, 5.41) is 8.90. The predicted octanol–water partition coefficient (Wildman–Crippen LogP) is 3.34. The van der Waals surface area contributed by atoms with Gasteiger partial charge in [0.05, 0.1) is 29.8 Å². The Hall–Kier alpha value is -4.33. The van der Waals surface area contributed by atoms with E-state index in [0.29, 0.717) is 5.69 Å². The second kappa shape index (κ2) is 7.62. The number of rotatable bonds is 3. The number of carbonyl (C=O) groups is 3. The zero-order valence-corrected chi connectivity index (χ0v) is 17.8. The monoisotopic (exact) mass is 454 g/mol. The number of anilines is 2. The molecule has 0 saturated carbocycles. The van der Waals surface area contributed by atoms with Gasteiger partial charge >= 0.3 is 0 Å². The molecule has 3 aromatic rings. The summed E-state index contributed by atoms with van der Waals surface area (Å²) >= 11 is 0. The number of carbonyl (C=O) groups excluding carboxylic acids is 3. The Morgan fingerprint density at radius 2 is 1.53 bits per heavy atom. The summed E-state index contributed by atoms with van der Waals surface area (Å²) in [5.41, 5.74) is 2.08. The van der Waals surface area contributed by atoms with Crippen LogP contribution in [-0.2, 0) is 14.4 Å². The van der Waals surface area contributed by atoms with Crippen LogP contribution in [0.3, 0.4) is 0 Å². The largest absolute Gasteiger partial charge is 0.324 e. The number of hydrazone groups is 1. The lowest BCUT2D eigenvalue weighted by Gasteiger charge is -2.33. The van der Waals surface area contributed by atoms with E-state index in [1.54, 1.807) is 41.6 Å². The number of hydrogen-bond acceptors (Lipinski definition) is 5. The molecule has 0 spiro atoms. The van der Waals surface area contributed by atoms with E-state index in [-0.39, 0.29) is 5.69 Å². The van der Waals surface area contributed by atoms with Crippen LogP contribution in [-0.4, -0.2) is 35.0 Å². The summed E-state index contributed by atoms with van der Waals surface area (Å²) in [6.45, 7) is 0. The molecule has 0 unspecified atom stereocenters. The van der Waals surface area contributed by atoms with Crippen molar-refractivity contribution in [3.05, 3.63) is 95.8 Å². The summed E-state index contributed by atoms with van der Waals surface area (Å²) in [7, 11) is 0. The molecule has 6 rings (SSSR count). The first kappa shape index (κ1) is 20.3. The van der Waals surface area contributed by atoms with Gasteiger partial charge in [0.15, 0.2) is 0 Å². The maximum atomic E-state index is 14.6. The maximum absolute atomic E-state index is 14.6. The summed E-state index contributed by atoms with van der Waals surface area (Å²) < 4.78 is 14.6. The molecule has 7 nitrogen and oxygen atoms in total. The highest BCUT2D eigenvalue weighted by atomic mass is 19.1. The van der Waals surface area contributed by atoms with E-state index in [0.717, 1.165) is 16.0 Å². The van der Waals surface area contributed by atoms with Crippen molar-refractivity contribution in [2.75, 3.05) is 10.2 Å². The highest BCUT2D eigenvalue weighted by Crippen LogP contribution is 2.52. The molecule has 2 fully saturated rings. The quantitative estimate of drug-likeness (QED) is 0.616. The minimum Gasteiger partial charge on any atom is -0.324 e. The van der Waals surface area contributed by atoms with E-state index in [1.165, 1.54) is 18.2 Å². The average molecular weight is 454 g/mol. The van der Waals surface area contributed by atoms with Crippen molar-refractivity contribution in [1.82, 2.24) is 5.01 Å². The molecule has 34 heavy (non-hydrogen) atoms. The van der Waals surface area contributed by atoms with Crippen molar-refractivity contribution in [2.45, 2.75) is 12.1 Å². The smallest absolute Gasteiger partial charge is 0.249 e. The normalized spacial score (nSPS) is 24.6. The zero-order chi connectivity index (χ0) is 23.4. The number of hydrogen-bond donors (Lipinski definition) is 1. The molecule has 1 N–H and O–H groups in total. The van der Waals surface area contributed by atoms with Crippen molar-refractivity contribution in [3.63, 3.8) is 0 Å². The number of imide groups is 1. The van der Waals surface area contributed by atoms with Crippen LogP contribution >= 0.6 is 0 Å². The molecule has 2 saturated heterocycles. The van der Waals surface area contributed by atoms with E-state index in [9.17, 15) is 18.8 Å². The van der Waals surface area contributed by atoms with Crippen LogP contribution in [0.4, 0.5) is 15.8 Å². The number of benzene rings is 3. The molecule has 0 aromatic heterocycles. The molecule has 0 aliphatic carbocycles. The summed E-state index contributed by atoms with van der Waals surface area (Å²) in [4.78, 5) is 41.7. The van der Waals surface area contributed by atoms with Crippen LogP contribution in [0.5, 0.6) is 0 Å². The Morgan fingerprint density at radius 1 is 0.853 bits per heavy atom. The van der Waals surface area contributed by atoms with Crippen LogP contribution in [0.2, 0.25) is 0 Å². The molecule has 8 heteroatoms. The highest BCUT2D eigenvalue weighted by Gasteiger charge is 2.65. The van der Waals surface area contributed by atoms with E-state index < -0.39 is 47.5 Å². The van der Waals surface area contributed by atoms with Gasteiger partial charge in [-0.2, -0.15) is 5.10 Å². The average Bonchev–Trinajstić information content (AvgIpc) is 3.33. The third-order valence-corrected chi connectivity index (χ3v) is 6.70. The maximum Gasteiger partial charge on any atom is 0.249 e. The van der Waals surface area contributed by atoms with Crippen LogP contribution in [0, 0.1) is 17.7 Å². The van der Waals surface area contributed by atoms with Crippen molar-refractivity contribution in [3.8, 4) is 0 Å². The van der Waals surface area contributed by atoms with E-state index in [2.05, 4.69) is 10.4 Å². The Morgan fingerprint density at radius 3 is 2.32 bits per heavy atom. The van der Waals surface area contributed by atoms with Crippen molar-refractivity contribution >= 4 is 35.3 Å². The van der Waals surface area contributed by atoms with Crippen molar-refractivity contribution in [2.24, 2.45) is 16.9 Å². The Kier molecular flexibility index (Phi) is 4.55. The lowest BCUT2D eigenvalue weighted by atomic mass is 9.85. The molecule has 0 radical (unpaired) electrons. The van der Waals surface area contributed by atoms with Gasteiger partial charge in [-0.1, -0.05) is 54.6 Å². The fraction of sp³-hybridized carbons (Fsp3) is 0.154. The molecule has 3 aromatic carbocycles. The zero-order valence-electron chi connectivity index (χ0n) is 17.8. The van der Waals surface area contributed by atoms with Crippen LogP contribution in [0.15, 0.2) is 84.0 Å².